The molecule has 0 aromatic carbocycles. The fraction of sp³-hybridized carbons (Fsp3) is 0.800. The van der Waals surface area contributed by atoms with Crippen LogP contribution in [-0.2, 0) is 23.7 Å². The second-order valence-electron chi connectivity index (χ2n) is 9.50. The topological polar surface area (TPSA) is 77.0 Å². The van der Waals surface area contributed by atoms with Crippen molar-refractivity contribution in [3.8, 4) is 0 Å². The van der Waals surface area contributed by atoms with Gasteiger partial charge in [-0.25, -0.2) is 0 Å². The Morgan fingerprint density at radius 3 is 2.14 bits per heavy atom. The van der Waals surface area contributed by atoms with E-state index in [9.17, 15) is 0 Å². The Hall–Kier alpha value is -0.590. The zero-order valence-electron chi connectivity index (χ0n) is 21.5. The Morgan fingerprint density at radius 1 is 0.917 bits per heavy atom. The van der Waals surface area contributed by atoms with E-state index in [0.29, 0.717) is 30.9 Å². The maximum atomic E-state index is 6.65. The van der Waals surface area contributed by atoms with Crippen LogP contribution >= 0.6 is 23.2 Å². The standard InChI is InChI=1S/C25H40Cl2N4O5/c1-32-24(33-2)19-21-22(29-6-5-23(21,26)27)20-25(24,35-15-3-9-30-11-7-28-8-12-30)36-16-4-10-31-13-17-34-18-14-31/h6,19-20,28H,3-5,7-18H2,1-2H3. The van der Waals surface area contributed by atoms with Gasteiger partial charge in [0.2, 0.25) is 5.79 Å². The van der Waals surface area contributed by atoms with Gasteiger partial charge in [0.1, 0.15) is 4.33 Å². The normalized spacial score (nSPS) is 28.4. The number of morpholine rings is 1. The minimum absolute atomic E-state index is 0.391. The highest BCUT2D eigenvalue weighted by molar-refractivity contribution is 6.51. The molecular formula is C25H40Cl2N4O5. The first-order chi connectivity index (χ1) is 17.4. The molecule has 1 unspecified atom stereocenters. The molecule has 0 saturated carbocycles. The fourth-order valence-electron chi connectivity index (χ4n) is 5.09. The number of fused-ring (bicyclic) bond motifs is 1. The lowest BCUT2D eigenvalue weighted by atomic mass is 9.88. The Kier molecular flexibility index (Phi) is 10.2. The lowest BCUT2D eigenvalue weighted by Crippen LogP contribution is -2.60. The second kappa shape index (κ2) is 13.0. The summed E-state index contributed by atoms with van der Waals surface area (Å²) in [6, 6.07) is 0. The molecule has 1 atom stereocenters. The number of hydrogen-bond donors (Lipinski definition) is 1. The minimum atomic E-state index is -1.37. The molecule has 0 spiro atoms. The monoisotopic (exact) mass is 546 g/mol. The number of hydrogen-bond acceptors (Lipinski definition) is 9. The quantitative estimate of drug-likeness (QED) is 0.227. The highest BCUT2D eigenvalue weighted by atomic mass is 35.5. The van der Waals surface area contributed by atoms with Gasteiger partial charge in [0, 0.05) is 90.9 Å². The number of halogens is 2. The van der Waals surface area contributed by atoms with Gasteiger partial charge in [0.25, 0.3) is 5.79 Å². The number of ether oxygens (including phenoxy) is 5. The maximum absolute atomic E-state index is 6.65. The first kappa shape index (κ1) is 28.4. The number of rotatable bonds is 12. The number of allylic oxidation sites excluding steroid dienone is 1. The maximum Gasteiger partial charge on any atom is 0.250 e. The van der Waals surface area contributed by atoms with Crippen molar-refractivity contribution >= 4 is 29.4 Å². The van der Waals surface area contributed by atoms with Gasteiger partial charge in [-0.15, -0.1) is 0 Å². The van der Waals surface area contributed by atoms with Crippen LogP contribution in [0.25, 0.3) is 0 Å². The van der Waals surface area contributed by atoms with Crippen molar-refractivity contribution in [3.05, 3.63) is 23.4 Å². The highest BCUT2D eigenvalue weighted by Gasteiger charge is 2.58. The molecule has 11 heteroatoms. The summed E-state index contributed by atoms with van der Waals surface area (Å²) in [4.78, 5) is 9.39. The van der Waals surface area contributed by atoms with Gasteiger partial charge < -0.3 is 33.9 Å². The van der Waals surface area contributed by atoms with Gasteiger partial charge in [-0.1, -0.05) is 23.2 Å². The molecule has 3 aliphatic heterocycles. The van der Waals surface area contributed by atoms with Gasteiger partial charge >= 0.3 is 0 Å². The van der Waals surface area contributed by atoms with Crippen LogP contribution in [-0.4, -0.2) is 125 Å². The summed E-state index contributed by atoms with van der Waals surface area (Å²) in [6.07, 6.45) is 7.39. The second-order valence-corrected chi connectivity index (χ2v) is 11.0. The number of methoxy groups -OCH3 is 2. The molecule has 3 heterocycles. The smallest absolute Gasteiger partial charge is 0.250 e. The van der Waals surface area contributed by atoms with Crippen LogP contribution in [0.2, 0.25) is 0 Å². The van der Waals surface area contributed by atoms with Crippen molar-refractivity contribution in [2.75, 3.05) is 93.0 Å². The number of alkyl halides is 2. The fourth-order valence-corrected chi connectivity index (χ4v) is 5.53. The van der Waals surface area contributed by atoms with Crippen molar-refractivity contribution in [1.82, 2.24) is 15.1 Å². The SMILES string of the molecule is COC1(OC)C=C2C(=CC1(OCCCN1CCNCC1)OCCCN1CCOCC1)N=CCC2(Cl)Cl. The van der Waals surface area contributed by atoms with Crippen LogP contribution < -0.4 is 5.32 Å². The molecular weight excluding hydrogens is 507 g/mol. The lowest BCUT2D eigenvalue weighted by molar-refractivity contribution is -0.360. The average molecular weight is 548 g/mol. The molecule has 1 N–H and O–H groups in total. The molecule has 2 fully saturated rings. The number of piperazine rings is 1. The Morgan fingerprint density at radius 2 is 1.53 bits per heavy atom. The molecule has 1 aliphatic carbocycles. The van der Waals surface area contributed by atoms with Crippen LogP contribution in [0.3, 0.4) is 0 Å². The first-order valence-electron chi connectivity index (χ1n) is 12.9. The predicted molar refractivity (Wildman–Crippen MR) is 141 cm³/mol. The van der Waals surface area contributed by atoms with E-state index in [1.807, 2.05) is 6.08 Å². The van der Waals surface area contributed by atoms with Gasteiger partial charge in [0.05, 0.1) is 32.1 Å². The van der Waals surface area contributed by atoms with E-state index in [2.05, 4.69) is 20.1 Å². The van der Waals surface area contributed by atoms with Crippen molar-refractivity contribution in [1.29, 1.82) is 0 Å². The molecule has 204 valence electrons. The molecule has 0 aromatic heterocycles. The number of aliphatic imine (C=N–C) groups is 1. The molecule has 4 rings (SSSR count). The summed E-state index contributed by atoms with van der Waals surface area (Å²) in [6.45, 7) is 10.3. The molecule has 4 aliphatic rings. The van der Waals surface area contributed by atoms with E-state index in [0.717, 1.165) is 78.4 Å². The van der Waals surface area contributed by atoms with E-state index < -0.39 is 15.9 Å². The van der Waals surface area contributed by atoms with Crippen LogP contribution in [0.15, 0.2) is 28.4 Å². The van der Waals surface area contributed by atoms with Crippen LogP contribution in [0.5, 0.6) is 0 Å². The molecule has 0 aromatic rings. The third-order valence-electron chi connectivity index (χ3n) is 7.18. The van der Waals surface area contributed by atoms with E-state index in [1.165, 1.54) is 0 Å². The van der Waals surface area contributed by atoms with Gasteiger partial charge in [-0.3, -0.25) is 9.89 Å². The van der Waals surface area contributed by atoms with Crippen LogP contribution in [0.1, 0.15) is 19.3 Å². The van der Waals surface area contributed by atoms with Gasteiger partial charge in [0.15, 0.2) is 0 Å². The van der Waals surface area contributed by atoms with E-state index in [-0.39, 0.29) is 0 Å². The zero-order chi connectivity index (χ0) is 25.5. The summed E-state index contributed by atoms with van der Waals surface area (Å²) < 4.78 is 29.3. The Balaban J connectivity index is 1.50. The Bertz CT molecular complexity index is 780. The Labute approximate surface area is 224 Å². The molecule has 36 heavy (non-hydrogen) atoms. The van der Waals surface area contributed by atoms with E-state index >= 15 is 0 Å². The molecule has 0 amide bonds. The van der Waals surface area contributed by atoms with Crippen LogP contribution in [0, 0.1) is 0 Å². The third-order valence-corrected chi connectivity index (χ3v) is 7.90. The van der Waals surface area contributed by atoms with Crippen molar-refractivity contribution in [2.45, 2.75) is 35.2 Å². The van der Waals surface area contributed by atoms with E-state index in [4.69, 9.17) is 46.9 Å². The summed E-state index contributed by atoms with van der Waals surface area (Å²) in [7, 11) is 3.15. The molecule has 2 saturated heterocycles. The molecule has 0 radical (unpaired) electrons. The van der Waals surface area contributed by atoms with Gasteiger partial charge in [-0.2, -0.15) is 0 Å². The number of nitrogens with one attached hydrogen (secondary N) is 1. The summed E-state index contributed by atoms with van der Waals surface area (Å²) in [5, 5.41) is 3.39. The number of nitrogens with zero attached hydrogens (tertiary/aromatic N) is 3. The third kappa shape index (κ3) is 6.51. The largest absolute Gasteiger partial charge is 0.379 e. The summed E-state index contributed by atoms with van der Waals surface area (Å²) in [5.41, 5.74) is 1.25. The van der Waals surface area contributed by atoms with Gasteiger partial charge in [-0.05, 0) is 18.9 Å². The van der Waals surface area contributed by atoms with Crippen LogP contribution in [0.4, 0.5) is 0 Å². The van der Waals surface area contributed by atoms with Crippen molar-refractivity contribution < 1.29 is 23.7 Å². The highest BCUT2D eigenvalue weighted by Crippen LogP contribution is 2.49. The van der Waals surface area contributed by atoms with Crippen molar-refractivity contribution in [2.24, 2.45) is 4.99 Å². The van der Waals surface area contributed by atoms with Crippen molar-refractivity contribution in [3.63, 3.8) is 0 Å². The summed E-state index contributed by atoms with van der Waals surface area (Å²) in [5.74, 6) is -2.72. The lowest BCUT2D eigenvalue weighted by Gasteiger charge is -2.48. The predicted octanol–water partition coefficient (Wildman–Crippen LogP) is 2.19. The average Bonchev–Trinajstić information content (AvgIpc) is 2.90. The molecule has 0 bridgehead atoms. The van der Waals surface area contributed by atoms with E-state index in [1.54, 1.807) is 26.5 Å². The molecule has 9 nitrogen and oxygen atoms in total. The summed E-state index contributed by atoms with van der Waals surface area (Å²) >= 11 is 13.3. The first-order valence-corrected chi connectivity index (χ1v) is 13.7. The minimum Gasteiger partial charge on any atom is -0.379 e. The zero-order valence-corrected chi connectivity index (χ0v) is 23.0.